The zero-order valence-electron chi connectivity index (χ0n) is 9.13. The maximum absolute atomic E-state index is 11.8. The Labute approximate surface area is 102 Å². The van der Waals surface area contributed by atoms with E-state index in [4.69, 9.17) is 0 Å². The molecule has 0 heterocycles. The Balaban J connectivity index is 0.000000606. The van der Waals surface area contributed by atoms with Gasteiger partial charge in [0, 0.05) is 11.1 Å². The summed E-state index contributed by atoms with van der Waals surface area (Å²) in [6.45, 7) is 0. The minimum absolute atomic E-state index is 0.0752. The first-order chi connectivity index (χ1) is 7.88. The van der Waals surface area contributed by atoms with Crippen molar-refractivity contribution in [2.75, 3.05) is 6.26 Å². The van der Waals surface area contributed by atoms with Crippen LogP contribution in [-0.4, -0.2) is 12.0 Å². The predicted molar refractivity (Wildman–Crippen MR) is 71.2 cm³/mol. The average molecular weight is 230 g/mol. The average Bonchev–Trinajstić information content (AvgIpc) is 2.42. The molecule has 0 atom stereocenters. The third-order valence-corrected chi connectivity index (χ3v) is 2.07. The van der Waals surface area contributed by atoms with E-state index in [9.17, 15) is 4.79 Å². The highest BCUT2D eigenvalue weighted by Gasteiger charge is 2.06. The van der Waals surface area contributed by atoms with Crippen LogP contribution in [0.4, 0.5) is 0 Å². The molecule has 0 aliphatic carbocycles. The van der Waals surface area contributed by atoms with Crippen LogP contribution in [0.3, 0.4) is 0 Å². The minimum atomic E-state index is 0.0752. The summed E-state index contributed by atoms with van der Waals surface area (Å²) in [5.41, 5.74) is 1.47. The van der Waals surface area contributed by atoms with Crippen LogP contribution in [0.15, 0.2) is 60.7 Å². The number of carbonyl (C=O) groups excluding carboxylic acids is 1. The van der Waals surface area contributed by atoms with Crippen molar-refractivity contribution in [2.24, 2.45) is 0 Å². The van der Waals surface area contributed by atoms with Gasteiger partial charge in [-0.2, -0.15) is 12.6 Å². The van der Waals surface area contributed by atoms with E-state index in [2.05, 4.69) is 12.6 Å². The van der Waals surface area contributed by atoms with Crippen molar-refractivity contribution in [3.05, 3.63) is 71.8 Å². The van der Waals surface area contributed by atoms with E-state index in [1.807, 2.05) is 60.7 Å². The lowest BCUT2D eigenvalue weighted by molar-refractivity contribution is 0.103. The highest BCUT2D eigenvalue weighted by Crippen LogP contribution is 2.08. The fourth-order valence-corrected chi connectivity index (χ4v) is 1.35. The van der Waals surface area contributed by atoms with Gasteiger partial charge >= 0.3 is 0 Å². The van der Waals surface area contributed by atoms with Crippen molar-refractivity contribution in [1.82, 2.24) is 0 Å². The number of rotatable bonds is 2. The Morgan fingerprint density at radius 1 is 0.750 bits per heavy atom. The molecule has 0 saturated carbocycles. The molecule has 0 fully saturated rings. The van der Waals surface area contributed by atoms with Crippen molar-refractivity contribution in [3.8, 4) is 0 Å². The summed E-state index contributed by atoms with van der Waals surface area (Å²) in [6.07, 6.45) is 1.69. The second kappa shape index (κ2) is 6.85. The van der Waals surface area contributed by atoms with Crippen LogP contribution >= 0.6 is 12.6 Å². The molecule has 2 heteroatoms. The summed E-state index contributed by atoms with van der Waals surface area (Å²) >= 11 is 3.53. The Bertz CT molecular complexity index is 382. The van der Waals surface area contributed by atoms with Crippen molar-refractivity contribution in [1.29, 1.82) is 0 Å². The zero-order valence-corrected chi connectivity index (χ0v) is 10.0. The van der Waals surface area contributed by atoms with E-state index >= 15 is 0 Å². The summed E-state index contributed by atoms with van der Waals surface area (Å²) in [5.74, 6) is 0.0752. The van der Waals surface area contributed by atoms with Gasteiger partial charge in [-0.1, -0.05) is 60.7 Å². The molecule has 2 aromatic rings. The van der Waals surface area contributed by atoms with Crippen LogP contribution in [0.25, 0.3) is 0 Å². The molecule has 2 rings (SSSR count). The van der Waals surface area contributed by atoms with Gasteiger partial charge in [-0.3, -0.25) is 4.79 Å². The normalized spacial score (nSPS) is 8.88. The highest BCUT2D eigenvalue weighted by molar-refractivity contribution is 7.79. The molecule has 0 aromatic heterocycles. The lowest BCUT2D eigenvalue weighted by Gasteiger charge is -1.99. The van der Waals surface area contributed by atoms with Gasteiger partial charge in [0.1, 0.15) is 0 Å². The molecule has 0 bridgehead atoms. The standard InChI is InChI=1S/C13H10O.CH4S/c14-13(11-7-3-1-4-8-11)12-9-5-2-6-10-12;1-2/h1-10H;2H,1H3. The summed E-state index contributed by atoms with van der Waals surface area (Å²) in [6, 6.07) is 18.6. The maximum Gasteiger partial charge on any atom is 0.193 e. The molecule has 0 aliphatic heterocycles. The van der Waals surface area contributed by atoms with Gasteiger partial charge in [0.2, 0.25) is 0 Å². The predicted octanol–water partition coefficient (Wildman–Crippen LogP) is 3.46. The van der Waals surface area contributed by atoms with Crippen LogP contribution < -0.4 is 0 Å². The number of hydrogen-bond donors (Lipinski definition) is 1. The summed E-state index contributed by atoms with van der Waals surface area (Å²) in [4.78, 5) is 11.8. The lowest BCUT2D eigenvalue weighted by atomic mass is 10.0. The second-order valence-corrected chi connectivity index (χ2v) is 3.06. The molecule has 0 saturated heterocycles. The fraction of sp³-hybridized carbons (Fsp3) is 0.0714. The van der Waals surface area contributed by atoms with E-state index in [1.54, 1.807) is 6.26 Å². The topological polar surface area (TPSA) is 17.1 Å². The van der Waals surface area contributed by atoms with Crippen LogP contribution in [0, 0.1) is 0 Å². The Hall–Kier alpha value is -1.54. The zero-order chi connectivity index (χ0) is 11.8. The summed E-state index contributed by atoms with van der Waals surface area (Å²) in [7, 11) is 0. The molecule has 0 unspecified atom stereocenters. The molecule has 0 amide bonds. The number of thiol groups is 1. The van der Waals surface area contributed by atoms with Gasteiger partial charge in [0.05, 0.1) is 0 Å². The van der Waals surface area contributed by atoms with Gasteiger partial charge in [-0.05, 0) is 6.26 Å². The lowest BCUT2D eigenvalue weighted by Crippen LogP contribution is -1.99. The third-order valence-electron chi connectivity index (χ3n) is 2.07. The summed E-state index contributed by atoms with van der Waals surface area (Å²) < 4.78 is 0. The number of carbonyl (C=O) groups is 1. The fourth-order valence-electron chi connectivity index (χ4n) is 1.35. The van der Waals surface area contributed by atoms with Crippen molar-refractivity contribution < 1.29 is 4.79 Å². The largest absolute Gasteiger partial charge is 0.289 e. The molecule has 82 valence electrons. The first-order valence-electron chi connectivity index (χ1n) is 4.97. The molecule has 1 nitrogen and oxygen atoms in total. The van der Waals surface area contributed by atoms with Crippen molar-refractivity contribution in [2.45, 2.75) is 0 Å². The van der Waals surface area contributed by atoms with Crippen LogP contribution in [0.5, 0.6) is 0 Å². The first kappa shape index (κ1) is 12.5. The Morgan fingerprint density at radius 2 is 1.06 bits per heavy atom. The molecule has 2 aromatic carbocycles. The second-order valence-electron chi connectivity index (χ2n) is 3.06. The SMILES string of the molecule is CS.O=C(c1ccccc1)c1ccccc1. The van der Waals surface area contributed by atoms with Crippen LogP contribution in [0.1, 0.15) is 15.9 Å². The molecular formula is C14H14OS. The van der Waals surface area contributed by atoms with Crippen molar-refractivity contribution >= 4 is 18.4 Å². The highest BCUT2D eigenvalue weighted by atomic mass is 32.1. The Kier molecular flexibility index (Phi) is 5.37. The van der Waals surface area contributed by atoms with Crippen LogP contribution in [-0.2, 0) is 0 Å². The van der Waals surface area contributed by atoms with Crippen molar-refractivity contribution in [3.63, 3.8) is 0 Å². The molecule has 0 radical (unpaired) electrons. The summed E-state index contributed by atoms with van der Waals surface area (Å²) in [5, 5.41) is 0. The molecule has 0 spiro atoms. The monoisotopic (exact) mass is 230 g/mol. The molecular weight excluding hydrogens is 216 g/mol. The number of benzene rings is 2. The third kappa shape index (κ3) is 3.24. The molecule has 0 N–H and O–H groups in total. The van der Waals surface area contributed by atoms with Crippen LogP contribution in [0.2, 0.25) is 0 Å². The van der Waals surface area contributed by atoms with Gasteiger partial charge < -0.3 is 0 Å². The van der Waals surface area contributed by atoms with E-state index in [0.29, 0.717) is 0 Å². The van der Waals surface area contributed by atoms with Gasteiger partial charge in [-0.25, -0.2) is 0 Å². The van der Waals surface area contributed by atoms with Gasteiger partial charge in [0.15, 0.2) is 5.78 Å². The van der Waals surface area contributed by atoms with E-state index in [-0.39, 0.29) is 5.78 Å². The van der Waals surface area contributed by atoms with Gasteiger partial charge in [0.25, 0.3) is 0 Å². The van der Waals surface area contributed by atoms with Gasteiger partial charge in [-0.15, -0.1) is 0 Å². The van der Waals surface area contributed by atoms with E-state index in [0.717, 1.165) is 11.1 Å². The molecule has 0 aliphatic rings. The number of ketones is 1. The van der Waals surface area contributed by atoms with E-state index in [1.165, 1.54) is 0 Å². The Morgan fingerprint density at radius 3 is 1.38 bits per heavy atom. The smallest absolute Gasteiger partial charge is 0.193 e. The maximum atomic E-state index is 11.8. The van der Waals surface area contributed by atoms with E-state index < -0.39 is 0 Å². The number of hydrogen-bond acceptors (Lipinski definition) is 2. The first-order valence-corrected chi connectivity index (χ1v) is 5.87. The minimum Gasteiger partial charge on any atom is -0.289 e. The molecule has 16 heavy (non-hydrogen) atoms. The quantitative estimate of drug-likeness (QED) is 0.617.